The van der Waals surface area contributed by atoms with E-state index >= 15 is 0 Å². The first-order valence-corrected chi connectivity index (χ1v) is 8.78. The molecule has 0 atom stereocenters. The summed E-state index contributed by atoms with van der Waals surface area (Å²) in [6, 6.07) is 12.8. The van der Waals surface area contributed by atoms with Gasteiger partial charge in [0.2, 0.25) is 17.7 Å². The largest absolute Gasteiger partial charge is 0.326 e. The van der Waals surface area contributed by atoms with Gasteiger partial charge in [0.25, 0.3) is 0 Å². The highest BCUT2D eigenvalue weighted by molar-refractivity contribution is 5.96. The molecule has 0 saturated carbocycles. The van der Waals surface area contributed by atoms with Crippen LogP contribution in [0.3, 0.4) is 0 Å². The van der Waals surface area contributed by atoms with E-state index < -0.39 is 0 Å². The van der Waals surface area contributed by atoms with Crippen LogP contribution in [0.2, 0.25) is 0 Å². The number of aryl methyl sites for hydroxylation is 2. The molecular formula is C21H25N3O3. The molecule has 0 bridgehead atoms. The first kappa shape index (κ1) is 20.2. The zero-order chi connectivity index (χ0) is 20.0. The molecule has 6 nitrogen and oxygen atoms in total. The molecule has 0 aromatic heterocycles. The van der Waals surface area contributed by atoms with Gasteiger partial charge in [0, 0.05) is 43.9 Å². The third kappa shape index (κ3) is 6.26. The first-order chi connectivity index (χ1) is 12.7. The van der Waals surface area contributed by atoms with Crippen molar-refractivity contribution in [2.24, 2.45) is 0 Å². The van der Waals surface area contributed by atoms with Gasteiger partial charge in [-0.15, -0.1) is 0 Å². The first-order valence-electron chi connectivity index (χ1n) is 8.78. The second kappa shape index (κ2) is 8.98. The van der Waals surface area contributed by atoms with Crippen LogP contribution >= 0.6 is 0 Å². The van der Waals surface area contributed by atoms with Crippen LogP contribution in [-0.4, -0.2) is 24.3 Å². The van der Waals surface area contributed by atoms with Crippen molar-refractivity contribution < 1.29 is 14.4 Å². The maximum atomic E-state index is 12.3. The summed E-state index contributed by atoms with van der Waals surface area (Å²) in [6.07, 6.45) is 0.164. The van der Waals surface area contributed by atoms with Gasteiger partial charge < -0.3 is 15.5 Å². The smallest absolute Gasteiger partial charge is 0.226 e. The number of benzene rings is 2. The molecule has 3 amide bonds. The lowest BCUT2D eigenvalue weighted by Crippen LogP contribution is -2.32. The van der Waals surface area contributed by atoms with E-state index in [4.69, 9.17) is 0 Å². The minimum atomic E-state index is -0.186. The molecule has 0 aliphatic heterocycles. The van der Waals surface area contributed by atoms with Gasteiger partial charge in [0.15, 0.2) is 0 Å². The van der Waals surface area contributed by atoms with Crippen molar-refractivity contribution in [3.8, 4) is 0 Å². The van der Waals surface area contributed by atoms with Crippen LogP contribution in [0.15, 0.2) is 42.5 Å². The Labute approximate surface area is 159 Å². The SMILES string of the molecule is CC(=O)Nc1cccc(N(CCC(=O)Nc2cc(C)cc(C)c2)C(C)=O)c1. The van der Waals surface area contributed by atoms with Gasteiger partial charge in [0.1, 0.15) is 0 Å². The topological polar surface area (TPSA) is 78.5 Å². The second-order valence-electron chi connectivity index (χ2n) is 6.58. The summed E-state index contributed by atoms with van der Waals surface area (Å²) in [5.74, 6) is -0.521. The Morgan fingerprint density at radius 2 is 1.56 bits per heavy atom. The molecule has 0 radical (unpaired) electrons. The van der Waals surface area contributed by atoms with Gasteiger partial charge in [-0.2, -0.15) is 0 Å². The van der Waals surface area contributed by atoms with Crippen molar-refractivity contribution in [3.63, 3.8) is 0 Å². The van der Waals surface area contributed by atoms with Crippen LogP contribution in [-0.2, 0) is 14.4 Å². The van der Waals surface area contributed by atoms with Crippen LogP contribution in [0.25, 0.3) is 0 Å². The predicted octanol–water partition coefficient (Wildman–Crippen LogP) is 3.64. The van der Waals surface area contributed by atoms with Gasteiger partial charge in [-0.3, -0.25) is 14.4 Å². The summed E-state index contributed by atoms with van der Waals surface area (Å²) in [4.78, 5) is 37.1. The number of hydrogen-bond acceptors (Lipinski definition) is 3. The fourth-order valence-electron chi connectivity index (χ4n) is 2.91. The fraction of sp³-hybridized carbons (Fsp3) is 0.286. The molecule has 142 valence electrons. The molecule has 0 spiro atoms. The number of nitrogens with one attached hydrogen (secondary N) is 2. The van der Waals surface area contributed by atoms with E-state index in [1.165, 1.54) is 18.7 Å². The molecule has 27 heavy (non-hydrogen) atoms. The van der Waals surface area contributed by atoms with Crippen LogP contribution in [0, 0.1) is 13.8 Å². The van der Waals surface area contributed by atoms with Crippen LogP contribution in [0.4, 0.5) is 17.1 Å². The Morgan fingerprint density at radius 1 is 0.889 bits per heavy atom. The van der Waals surface area contributed by atoms with Crippen LogP contribution < -0.4 is 15.5 Å². The summed E-state index contributed by atoms with van der Waals surface area (Å²) in [6.45, 7) is 7.07. The minimum Gasteiger partial charge on any atom is -0.326 e. The molecule has 2 N–H and O–H groups in total. The monoisotopic (exact) mass is 367 g/mol. The molecule has 6 heteroatoms. The van der Waals surface area contributed by atoms with Crippen molar-refractivity contribution in [1.29, 1.82) is 0 Å². The Bertz CT molecular complexity index is 841. The summed E-state index contributed by atoms with van der Waals surface area (Å²) in [5.41, 5.74) is 4.13. The third-order valence-corrected chi connectivity index (χ3v) is 3.93. The number of hydrogen-bond donors (Lipinski definition) is 2. The van der Waals surface area contributed by atoms with Gasteiger partial charge in [0.05, 0.1) is 0 Å². The van der Waals surface area contributed by atoms with Gasteiger partial charge in [-0.1, -0.05) is 12.1 Å². The van der Waals surface area contributed by atoms with E-state index in [1.54, 1.807) is 24.3 Å². The highest BCUT2D eigenvalue weighted by Gasteiger charge is 2.14. The van der Waals surface area contributed by atoms with E-state index in [0.717, 1.165) is 16.8 Å². The number of amides is 3. The van der Waals surface area contributed by atoms with E-state index in [-0.39, 0.29) is 30.7 Å². The lowest BCUT2D eigenvalue weighted by atomic mass is 10.1. The quantitative estimate of drug-likeness (QED) is 0.818. The third-order valence-electron chi connectivity index (χ3n) is 3.93. The van der Waals surface area contributed by atoms with Gasteiger partial charge in [-0.25, -0.2) is 0 Å². The molecular weight excluding hydrogens is 342 g/mol. The highest BCUT2D eigenvalue weighted by Crippen LogP contribution is 2.20. The van der Waals surface area contributed by atoms with Crippen molar-refractivity contribution >= 4 is 34.8 Å². The lowest BCUT2D eigenvalue weighted by molar-refractivity contribution is -0.117. The van der Waals surface area contributed by atoms with Crippen molar-refractivity contribution in [3.05, 3.63) is 53.6 Å². The standard InChI is InChI=1S/C21H25N3O3/c1-14-10-15(2)12-19(11-14)23-21(27)8-9-24(17(4)26)20-7-5-6-18(13-20)22-16(3)25/h5-7,10-13H,8-9H2,1-4H3,(H,22,25)(H,23,27). The van der Waals surface area contributed by atoms with Gasteiger partial charge >= 0.3 is 0 Å². The predicted molar refractivity (Wildman–Crippen MR) is 108 cm³/mol. The molecule has 0 aliphatic carbocycles. The summed E-state index contributed by atoms with van der Waals surface area (Å²) < 4.78 is 0. The minimum absolute atomic E-state index is 0.163. The zero-order valence-electron chi connectivity index (χ0n) is 16.1. The van der Waals surface area contributed by atoms with Crippen LogP contribution in [0.5, 0.6) is 0 Å². The Kier molecular flexibility index (Phi) is 6.71. The van der Waals surface area contributed by atoms with Crippen molar-refractivity contribution in [2.75, 3.05) is 22.1 Å². The maximum Gasteiger partial charge on any atom is 0.226 e. The normalized spacial score (nSPS) is 10.2. The molecule has 2 aromatic carbocycles. The number of carbonyl (C=O) groups is 3. The molecule has 0 saturated heterocycles. The number of anilines is 3. The lowest BCUT2D eigenvalue weighted by Gasteiger charge is -2.21. The average molecular weight is 367 g/mol. The van der Waals surface area contributed by atoms with E-state index in [0.29, 0.717) is 11.4 Å². The molecule has 0 aliphatic rings. The Hall–Kier alpha value is -3.15. The summed E-state index contributed by atoms with van der Waals surface area (Å²) in [5, 5.41) is 5.56. The second-order valence-corrected chi connectivity index (χ2v) is 6.58. The van der Waals surface area contributed by atoms with E-state index in [1.807, 2.05) is 32.0 Å². The number of nitrogens with zero attached hydrogens (tertiary/aromatic N) is 1. The highest BCUT2D eigenvalue weighted by atomic mass is 16.2. The van der Waals surface area contributed by atoms with Crippen molar-refractivity contribution in [2.45, 2.75) is 34.1 Å². The fourth-order valence-corrected chi connectivity index (χ4v) is 2.91. The number of rotatable bonds is 6. The maximum absolute atomic E-state index is 12.3. The molecule has 0 fully saturated rings. The van der Waals surface area contributed by atoms with Crippen LogP contribution in [0.1, 0.15) is 31.4 Å². The van der Waals surface area contributed by atoms with Gasteiger partial charge in [-0.05, 0) is 55.3 Å². The zero-order valence-corrected chi connectivity index (χ0v) is 16.1. The Balaban J connectivity index is 2.05. The Morgan fingerprint density at radius 3 is 2.15 bits per heavy atom. The summed E-state index contributed by atoms with van der Waals surface area (Å²) in [7, 11) is 0. The molecule has 2 rings (SSSR count). The molecule has 0 heterocycles. The summed E-state index contributed by atoms with van der Waals surface area (Å²) >= 11 is 0. The average Bonchev–Trinajstić information content (AvgIpc) is 2.53. The van der Waals surface area contributed by atoms with Crippen molar-refractivity contribution in [1.82, 2.24) is 0 Å². The molecule has 0 unspecified atom stereocenters. The van der Waals surface area contributed by atoms with E-state index in [2.05, 4.69) is 10.6 Å². The molecule has 2 aromatic rings. The number of carbonyl (C=O) groups excluding carboxylic acids is 3. The van der Waals surface area contributed by atoms with E-state index in [9.17, 15) is 14.4 Å².